The lowest BCUT2D eigenvalue weighted by Crippen LogP contribution is -2.21. The van der Waals surface area contributed by atoms with Crippen LogP contribution in [0.4, 0.5) is 0 Å². The fourth-order valence-corrected chi connectivity index (χ4v) is 3.39. The summed E-state index contributed by atoms with van der Waals surface area (Å²) in [5, 5.41) is 4.55. The average molecular weight is 284 g/mol. The molecule has 19 heavy (non-hydrogen) atoms. The molecule has 2 heterocycles. The van der Waals surface area contributed by atoms with Crippen molar-refractivity contribution in [2.45, 2.75) is 58.4 Å². The van der Waals surface area contributed by atoms with Gasteiger partial charge in [-0.25, -0.2) is 4.98 Å². The van der Waals surface area contributed by atoms with Gasteiger partial charge in [0.25, 0.3) is 0 Å². The molecule has 1 N–H and O–H groups in total. The second-order valence-corrected chi connectivity index (χ2v) is 6.62. The van der Waals surface area contributed by atoms with Crippen LogP contribution >= 0.6 is 11.3 Å². The zero-order chi connectivity index (χ0) is 13.9. The molecule has 1 aliphatic heterocycles. The lowest BCUT2D eigenvalue weighted by molar-refractivity contribution is 0.0163. The highest BCUT2D eigenvalue weighted by atomic mass is 32.1. The van der Waals surface area contributed by atoms with E-state index in [-0.39, 0.29) is 5.60 Å². The van der Waals surface area contributed by atoms with Crippen LogP contribution in [-0.2, 0) is 28.2 Å². The molecule has 0 saturated carbocycles. The second-order valence-electron chi connectivity index (χ2n) is 5.54. The molecular formula is C14H24N2O2S. The van der Waals surface area contributed by atoms with E-state index < -0.39 is 0 Å². The van der Waals surface area contributed by atoms with Crippen molar-refractivity contribution < 1.29 is 9.47 Å². The number of hydrogen-bond donors (Lipinski definition) is 1. The lowest BCUT2D eigenvalue weighted by Gasteiger charge is -2.19. The molecule has 1 atom stereocenters. The summed E-state index contributed by atoms with van der Waals surface area (Å²) in [7, 11) is 1.71. The lowest BCUT2D eigenvalue weighted by atomic mass is 10.0. The fourth-order valence-electron chi connectivity index (χ4n) is 2.24. The van der Waals surface area contributed by atoms with Gasteiger partial charge in [0, 0.05) is 31.2 Å². The first-order valence-corrected chi connectivity index (χ1v) is 7.72. The van der Waals surface area contributed by atoms with Crippen LogP contribution in [0.2, 0.25) is 0 Å². The van der Waals surface area contributed by atoms with Gasteiger partial charge in [-0.05, 0) is 19.8 Å². The summed E-state index contributed by atoms with van der Waals surface area (Å²) in [5.41, 5.74) is 0.857. The van der Waals surface area contributed by atoms with E-state index >= 15 is 0 Å². The SMILES string of the molecule is COCc1nc(C2(C)CCCO2)sc1CNC(C)C. The van der Waals surface area contributed by atoms with Crippen LogP contribution in [0.3, 0.4) is 0 Å². The van der Waals surface area contributed by atoms with Crippen molar-refractivity contribution in [2.75, 3.05) is 13.7 Å². The Morgan fingerprint density at radius 2 is 2.32 bits per heavy atom. The van der Waals surface area contributed by atoms with Gasteiger partial charge < -0.3 is 14.8 Å². The summed E-state index contributed by atoms with van der Waals surface area (Å²) in [4.78, 5) is 6.03. The molecule has 108 valence electrons. The van der Waals surface area contributed by atoms with Gasteiger partial charge in [0.1, 0.15) is 10.6 Å². The van der Waals surface area contributed by atoms with Crippen LogP contribution in [0.1, 0.15) is 49.2 Å². The van der Waals surface area contributed by atoms with Crippen LogP contribution in [0.5, 0.6) is 0 Å². The fraction of sp³-hybridized carbons (Fsp3) is 0.786. The molecule has 5 heteroatoms. The standard InChI is InChI=1S/C14H24N2O2S/c1-10(2)15-8-12-11(9-17-4)16-13(19-12)14(3)6-5-7-18-14/h10,15H,5-9H2,1-4H3. The predicted octanol–water partition coefficient (Wildman–Crippen LogP) is 2.81. The zero-order valence-electron chi connectivity index (χ0n) is 12.3. The largest absolute Gasteiger partial charge is 0.378 e. The molecule has 1 aromatic rings. The van der Waals surface area contributed by atoms with Gasteiger partial charge in [-0.15, -0.1) is 11.3 Å². The number of rotatable bonds is 6. The minimum atomic E-state index is -0.191. The molecule has 1 fully saturated rings. The number of methoxy groups -OCH3 is 1. The summed E-state index contributed by atoms with van der Waals surface area (Å²) in [6.07, 6.45) is 2.18. The molecule has 1 unspecified atom stereocenters. The first-order chi connectivity index (χ1) is 9.05. The highest BCUT2D eigenvalue weighted by molar-refractivity contribution is 7.11. The Labute approximate surface area is 119 Å². The molecule has 4 nitrogen and oxygen atoms in total. The first-order valence-electron chi connectivity index (χ1n) is 6.90. The molecule has 1 aliphatic rings. The van der Waals surface area contributed by atoms with Crippen LogP contribution in [-0.4, -0.2) is 24.7 Å². The minimum absolute atomic E-state index is 0.191. The van der Waals surface area contributed by atoms with E-state index in [0.29, 0.717) is 12.6 Å². The van der Waals surface area contributed by atoms with E-state index in [1.54, 1.807) is 18.4 Å². The van der Waals surface area contributed by atoms with Crippen molar-refractivity contribution in [3.63, 3.8) is 0 Å². The van der Waals surface area contributed by atoms with E-state index in [9.17, 15) is 0 Å². The summed E-state index contributed by atoms with van der Waals surface area (Å²) < 4.78 is 11.1. The van der Waals surface area contributed by atoms with Gasteiger partial charge in [-0.1, -0.05) is 13.8 Å². The maximum atomic E-state index is 5.89. The first kappa shape index (κ1) is 14.9. The highest BCUT2D eigenvalue weighted by Gasteiger charge is 2.35. The molecule has 1 saturated heterocycles. The Morgan fingerprint density at radius 3 is 2.89 bits per heavy atom. The van der Waals surface area contributed by atoms with E-state index in [1.807, 2.05) is 0 Å². The van der Waals surface area contributed by atoms with Crippen LogP contribution in [0, 0.1) is 0 Å². The number of nitrogens with zero attached hydrogens (tertiary/aromatic N) is 1. The molecule has 1 aromatic heterocycles. The monoisotopic (exact) mass is 284 g/mol. The van der Waals surface area contributed by atoms with Crippen molar-refractivity contribution in [2.24, 2.45) is 0 Å². The highest BCUT2D eigenvalue weighted by Crippen LogP contribution is 2.38. The molecule has 0 aromatic carbocycles. The van der Waals surface area contributed by atoms with Crippen LogP contribution in [0.15, 0.2) is 0 Å². The molecule has 0 amide bonds. The third-order valence-corrected chi connectivity index (χ3v) is 4.74. The maximum absolute atomic E-state index is 5.89. The Morgan fingerprint density at radius 1 is 1.53 bits per heavy atom. The Kier molecular flexibility index (Phi) is 4.95. The van der Waals surface area contributed by atoms with Gasteiger partial charge in [-0.2, -0.15) is 0 Å². The van der Waals surface area contributed by atoms with E-state index in [1.165, 1.54) is 4.88 Å². The van der Waals surface area contributed by atoms with Crippen molar-refractivity contribution >= 4 is 11.3 Å². The quantitative estimate of drug-likeness (QED) is 0.872. The molecule has 0 radical (unpaired) electrons. The Balaban J connectivity index is 2.18. The third kappa shape index (κ3) is 3.54. The predicted molar refractivity (Wildman–Crippen MR) is 77.3 cm³/mol. The van der Waals surface area contributed by atoms with Gasteiger partial charge in [0.15, 0.2) is 0 Å². The average Bonchev–Trinajstić information content (AvgIpc) is 2.95. The van der Waals surface area contributed by atoms with Crippen molar-refractivity contribution in [1.82, 2.24) is 10.3 Å². The Hall–Kier alpha value is -0.490. The number of nitrogens with one attached hydrogen (secondary N) is 1. The third-order valence-electron chi connectivity index (χ3n) is 3.40. The van der Waals surface area contributed by atoms with Gasteiger partial charge in [-0.3, -0.25) is 0 Å². The molecule has 2 rings (SSSR count). The Bertz CT molecular complexity index is 412. The number of ether oxygens (including phenoxy) is 2. The van der Waals surface area contributed by atoms with Gasteiger partial charge >= 0.3 is 0 Å². The molecule has 0 bridgehead atoms. The molecule has 0 aliphatic carbocycles. The normalized spacial score (nSPS) is 23.4. The molecule has 0 spiro atoms. The van der Waals surface area contributed by atoms with Gasteiger partial charge in [0.05, 0.1) is 12.3 Å². The minimum Gasteiger partial charge on any atom is -0.378 e. The summed E-state index contributed by atoms with van der Waals surface area (Å²) in [6.45, 7) is 8.72. The number of hydrogen-bond acceptors (Lipinski definition) is 5. The van der Waals surface area contributed by atoms with E-state index in [4.69, 9.17) is 14.5 Å². The van der Waals surface area contributed by atoms with E-state index in [2.05, 4.69) is 26.1 Å². The van der Waals surface area contributed by atoms with Crippen molar-refractivity contribution in [3.8, 4) is 0 Å². The van der Waals surface area contributed by atoms with Crippen LogP contribution < -0.4 is 5.32 Å². The van der Waals surface area contributed by atoms with Crippen LogP contribution in [0.25, 0.3) is 0 Å². The second kappa shape index (κ2) is 6.31. The van der Waals surface area contributed by atoms with E-state index in [0.717, 1.165) is 36.7 Å². The summed E-state index contributed by atoms with van der Waals surface area (Å²) >= 11 is 1.76. The smallest absolute Gasteiger partial charge is 0.125 e. The number of aromatic nitrogens is 1. The van der Waals surface area contributed by atoms with Crippen molar-refractivity contribution in [3.05, 3.63) is 15.6 Å². The zero-order valence-corrected chi connectivity index (χ0v) is 13.1. The topological polar surface area (TPSA) is 43.4 Å². The number of thiazole rings is 1. The maximum Gasteiger partial charge on any atom is 0.125 e. The van der Waals surface area contributed by atoms with Gasteiger partial charge in [0.2, 0.25) is 0 Å². The summed E-state index contributed by atoms with van der Waals surface area (Å²) in [5.74, 6) is 0. The molecular weight excluding hydrogens is 260 g/mol. The van der Waals surface area contributed by atoms with Crippen molar-refractivity contribution in [1.29, 1.82) is 0 Å². The summed E-state index contributed by atoms with van der Waals surface area (Å²) in [6, 6.07) is 0.472.